The van der Waals surface area contributed by atoms with Crippen molar-refractivity contribution in [2.24, 2.45) is 0 Å². The topological polar surface area (TPSA) is 35.5 Å². The largest absolute Gasteiger partial charge is 0.418 e. The second kappa shape index (κ2) is 6.38. The fourth-order valence-electron chi connectivity index (χ4n) is 2.68. The van der Waals surface area contributed by atoms with Crippen molar-refractivity contribution >= 4 is 29.8 Å². The molecule has 0 heterocycles. The highest BCUT2D eigenvalue weighted by Gasteiger charge is 2.06. The Bertz CT molecular complexity index is 960. The summed E-state index contributed by atoms with van der Waals surface area (Å²) in [5, 5.41) is 4.30. The van der Waals surface area contributed by atoms with E-state index in [1.54, 1.807) is 12.1 Å². The molecular weight excluding hydrogens is 319 g/mol. The van der Waals surface area contributed by atoms with Crippen LogP contribution in [0.2, 0.25) is 0 Å². The molecule has 4 heteroatoms. The predicted molar refractivity (Wildman–Crippen MR) is 98.2 cm³/mol. The summed E-state index contributed by atoms with van der Waals surface area (Å²) in [6.45, 7) is 0. The first-order valence-electron chi connectivity index (χ1n) is 7.65. The van der Waals surface area contributed by atoms with Crippen LogP contribution in [0.5, 0.6) is 11.5 Å². The van der Waals surface area contributed by atoms with E-state index in [1.807, 2.05) is 72.8 Å². The number of hydrogen-bond acceptors (Lipinski definition) is 3. The Morgan fingerprint density at radius 2 is 0.958 bits per heavy atom. The minimum absolute atomic E-state index is 0.540. The van der Waals surface area contributed by atoms with Gasteiger partial charge in [-0.25, -0.2) is 4.57 Å². The van der Waals surface area contributed by atoms with Crippen LogP contribution in [0.3, 0.4) is 0 Å². The first-order valence-corrected chi connectivity index (χ1v) is 8.88. The van der Waals surface area contributed by atoms with Crippen molar-refractivity contribution < 1.29 is 13.6 Å². The van der Waals surface area contributed by atoms with Gasteiger partial charge in [-0.2, -0.15) is 0 Å². The lowest BCUT2D eigenvalue weighted by Crippen LogP contribution is -1.89. The van der Waals surface area contributed by atoms with E-state index in [-0.39, 0.29) is 0 Å². The third kappa shape index (κ3) is 3.12. The maximum Gasteiger partial charge on any atom is 0.418 e. The maximum absolute atomic E-state index is 12.2. The van der Waals surface area contributed by atoms with E-state index in [0.717, 1.165) is 21.5 Å². The fourth-order valence-corrected chi connectivity index (χ4v) is 3.36. The Hall–Kier alpha value is -2.77. The molecule has 3 nitrogen and oxygen atoms in total. The number of hydrogen-bond donors (Lipinski definition) is 0. The highest BCUT2D eigenvalue weighted by Crippen LogP contribution is 2.33. The van der Waals surface area contributed by atoms with Gasteiger partial charge in [0.2, 0.25) is 0 Å². The summed E-state index contributed by atoms with van der Waals surface area (Å²) >= 11 is 0. The van der Waals surface area contributed by atoms with E-state index in [4.69, 9.17) is 9.05 Å². The highest BCUT2D eigenvalue weighted by atomic mass is 31.1. The van der Waals surface area contributed by atoms with Crippen molar-refractivity contribution in [1.82, 2.24) is 0 Å². The molecule has 4 aromatic carbocycles. The molecule has 0 aliphatic heterocycles. The first-order chi connectivity index (χ1) is 11.8. The summed E-state index contributed by atoms with van der Waals surface area (Å²) in [4.78, 5) is 0. The summed E-state index contributed by atoms with van der Waals surface area (Å²) in [7, 11) is -2.68. The zero-order valence-corrected chi connectivity index (χ0v) is 13.8. The molecule has 0 radical (unpaired) electrons. The summed E-state index contributed by atoms with van der Waals surface area (Å²) < 4.78 is 23.1. The third-order valence-electron chi connectivity index (χ3n) is 3.84. The molecule has 0 N–H and O–H groups in total. The van der Waals surface area contributed by atoms with Crippen molar-refractivity contribution in [3.05, 3.63) is 84.9 Å². The molecular formula is C20H15O3P. The van der Waals surface area contributed by atoms with Gasteiger partial charge >= 0.3 is 8.25 Å². The van der Waals surface area contributed by atoms with E-state index in [0.29, 0.717) is 11.5 Å². The molecule has 0 bridgehead atoms. The van der Waals surface area contributed by atoms with Crippen molar-refractivity contribution in [1.29, 1.82) is 0 Å². The van der Waals surface area contributed by atoms with E-state index in [1.165, 1.54) is 0 Å². The maximum atomic E-state index is 12.2. The Labute approximate surface area is 140 Å². The van der Waals surface area contributed by atoms with Crippen molar-refractivity contribution in [3.8, 4) is 11.5 Å². The monoisotopic (exact) mass is 334 g/mol. The van der Waals surface area contributed by atoms with Gasteiger partial charge in [-0.15, -0.1) is 0 Å². The van der Waals surface area contributed by atoms with Crippen molar-refractivity contribution in [3.63, 3.8) is 0 Å². The van der Waals surface area contributed by atoms with Crippen LogP contribution >= 0.6 is 8.25 Å². The van der Waals surface area contributed by atoms with E-state index in [9.17, 15) is 4.57 Å². The molecule has 0 aromatic heterocycles. The molecule has 0 aliphatic carbocycles. The molecule has 4 rings (SSSR count). The molecule has 0 saturated carbocycles. The second-order valence-electron chi connectivity index (χ2n) is 5.47. The minimum atomic E-state index is -2.68. The quantitative estimate of drug-likeness (QED) is 0.440. The van der Waals surface area contributed by atoms with Gasteiger partial charge in [0, 0.05) is 0 Å². The van der Waals surface area contributed by atoms with Crippen LogP contribution in [0, 0.1) is 0 Å². The van der Waals surface area contributed by atoms with Gasteiger partial charge in [0.05, 0.1) is 0 Å². The Morgan fingerprint density at radius 1 is 0.542 bits per heavy atom. The summed E-state index contributed by atoms with van der Waals surface area (Å²) in [5.41, 5.74) is 0. The smallest absolute Gasteiger partial charge is 0.418 e. The Morgan fingerprint density at radius 3 is 1.42 bits per heavy atom. The zero-order chi connectivity index (χ0) is 16.4. The van der Waals surface area contributed by atoms with E-state index in [2.05, 4.69) is 0 Å². The lowest BCUT2D eigenvalue weighted by atomic mass is 10.1. The van der Waals surface area contributed by atoms with E-state index < -0.39 is 8.25 Å². The molecule has 4 aromatic rings. The Balaban J connectivity index is 1.52. The normalized spacial score (nSPS) is 11.0. The van der Waals surface area contributed by atoms with Gasteiger partial charge in [0.15, 0.2) is 0 Å². The van der Waals surface area contributed by atoms with Gasteiger partial charge in [0.1, 0.15) is 11.5 Å². The highest BCUT2D eigenvalue weighted by molar-refractivity contribution is 7.34. The van der Waals surface area contributed by atoms with Crippen LogP contribution in [-0.2, 0) is 4.57 Å². The number of benzene rings is 4. The van der Waals surface area contributed by atoms with Gasteiger partial charge in [-0.3, -0.25) is 0 Å². The average Bonchev–Trinajstić information content (AvgIpc) is 2.61. The van der Waals surface area contributed by atoms with Gasteiger partial charge < -0.3 is 9.05 Å². The number of fused-ring (bicyclic) bond motifs is 2. The standard InChI is InChI=1S/C20H15O3P/c21-24(22-19-11-9-15-5-1-3-7-17(15)13-19)23-20-12-10-16-6-2-4-8-18(16)14-20/h1-14,24H. The SMILES string of the molecule is O=[PH](Oc1ccc2ccccc2c1)Oc1ccc2ccccc2c1. The molecule has 24 heavy (non-hydrogen) atoms. The van der Waals surface area contributed by atoms with E-state index >= 15 is 0 Å². The fraction of sp³-hybridized carbons (Fsp3) is 0. The first kappa shape index (κ1) is 14.8. The molecule has 0 saturated heterocycles. The molecule has 118 valence electrons. The minimum Gasteiger partial charge on any atom is -0.418 e. The van der Waals surface area contributed by atoms with Gasteiger partial charge in [0.25, 0.3) is 0 Å². The van der Waals surface area contributed by atoms with Crippen LogP contribution in [0.1, 0.15) is 0 Å². The Kier molecular flexibility index (Phi) is 3.94. The van der Waals surface area contributed by atoms with Crippen molar-refractivity contribution in [2.75, 3.05) is 0 Å². The lowest BCUT2D eigenvalue weighted by Gasteiger charge is -2.09. The van der Waals surface area contributed by atoms with Crippen LogP contribution in [0.25, 0.3) is 21.5 Å². The van der Waals surface area contributed by atoms with Crippen molar-refractivity contribution in [2.45, 2.75) is 0 Å². The van der Waals surface area contributed by atoms with Gasteiger partial charge in [-0.1, -0.05) is 60.7 Å². The van der Waals surface area contributed by atoms with Gasteiger partial charge in [-0.05, 0) is 45.8 Å². The number of rotatable bonds is 4. The third-order valence-corrected chi connectivity index (χ3v) is 4.65. The molecule has 0 fully saturated rings. The molecule has 0 amide bonds. The van der Waals surface area contributed by atoms with Crippen LogP contribution in [0.15, 0.2) is 84.9 Å². The molecule has 0 aliphatic rings. The lowest BCUT2D eigenvalue weighted by molar-refractivity contribution is 0.416. The summed E-state index contributed by atoms with van der Waals surface area (Å²) in [6, 6.07) is 27.1. The summed E-state index contributed by atoms with van der Waals surface area (Å²) in [6.07, 6.45) is 0. The zero-order valence-electron chi connectivity index (χ0n) is 12.8. The average molecular weight is 334 g/mol. The van der Waals surface area contributed by atoms with Crippen LogP contribution in [0.4, 0.5) is 0 Å². The molecule has 0 unspecified atom stereocenters. The molecule has 0 spiro atoms. The second-order valence-corrected chi connectivity index (χ2v) is 6.38. The molecule has 0 atom stereocenters. The van der Waals surface area contributed by atoms with Crippen LogP contribution < -0.4 is 9.05 Å². The van der Waals surface area contributed by atoms with Crippen LogP contribution in [-0.4, -0.2) is 0 Å². The predicted octanol–water partition coefficient (Wildman–Crippen LogP) is 5.84. The summed E-state index contributed by atoms with van der Waals surface area (Å²) in [5.74, 6) is 1.08.